The van der Waals surface area contributed by atoms with Crippen LogP contribution in [0.3, 0.4) is 0 Å². The first-order valence-electron chi connectivity index (χ1n) is 5.55. The Hall–Kier alpha value is -2.69. The van der Waals surface area contributed by atoms with Gasteiger partial charge in [0, 0.05) is 10.8 Å². The number of carbonyl (C=O) groups is 1. The number of para-hydroxylation sites is 1. The number of halogens is 1. The SMILES string of the molecule is O=C(O)c1cccc2c(=O)c3ccc(F)cc3[nH]c12. The van der Waals surface area contributed by atoms with Gasteiger partial charge in [-0.2, -0.15) is 0 Å². The van der Waals surface area contributed by atoms with Crippen LogP contribution in [0.15, 0.2) is 41.2 Å². The van der Waals surface area contributed by atoms with Crippen LogP contribution in [0.25, 0.3) is 21.8 Å². The molecule has 0 aliphatic heterocycles. The Morgan fingerprint density at radius 3 is 2.68 bits per heavy atom. The molecule has 94 valence electrons. The lowest BCUT2D eigenvalue weighted by Gasteiger charge is -2.05. The van der Waals surface area contributed by atoms with Crippen molar-refractivity contribution in [1.29, 1.82) is 0 Å². The Bertz CT molecular complexity index is 883. The van der Waals surface area contributed by atoms with Crippen LogP contribution >= 0.6 is 0 Å². The third-order valence-corrected chi connectivity index (χ3v) is 3.03. The second-order valence-corrected chi connectivity index (χ2v) is 4.18. The summed E-state index contributed by atoms with van der Waals surface area (Å²) in [7, 11) is 0. The van der Waals surface area contributed by atoms with Crippen molar-refractivity contribution in [2.24, 2.45) is 0 Å². The highest BCUT2D eigenvalue weighted by molar-refractivity contribution is 6.04. The molecule has 0 amide bonds. The summed E-state index contributed by atoms with van der Waals surface area (Å²) in [5, 5.41) is 9.71. The number of nitrogens with one attached hydrogen (secondary N) is 1. The third kappa shape index (κ3) is 1.67. The van der Waals surface area contributed by atoms with Crippen molar-refractivity contribution in [2.75, 3.05) is 0 Å². The fourth-order valence-corrected chi connectivity index (χ4v) is 2.15. The van der Waals surface area contributed by atoms with E-state index >= 15 is 0 Å². The van der Waals surface area contributed by atoms with Gasteiger partial charge in [-0.05, 0) is 30.3 Å². The maximum Gasteiger partial charge on any atom is 0.337 e. The number of hydrogen-bond acceptors (Lipinski definition) is 2. The molecular formula is C14H8FNO3. The molecule has 0 radical (unpaired) electrons. The van der Waals surface area contributed by atoms with Crippen LogP contribution in [-0.4, -0.2) is 16.1 Å². The van der Waals surface area contributed by atoms with E-state index in [1.54, 1.807) is 6.07 Å². The maximum atomic E-state index is 13.2. The molecular weight excluding hydrogens is 249 g/mol. The monoisotopic (exact) mass is 257 g/mol. The summed E-state index contributed by atoms with van der Waals surface area (Å²) in [6, 6.07) is 8.21. The molecule has 5 heteroatoms. The van der Waals surface area contributed by atoms with Crippen LogP contribution in [0.2, 0.25) is 0 Å². The molecule has 3 rings (SSSR count). The van der Waals surface area contributed by atoms with Gasteiger partial charge in [-0.25, -0.2) is 9.18 Å². The number of aromatic carboxylic acids is 1. The number of fused-ring (bicyclic) bond motifs is 2. The highest BCUT2D eigenvalue weighted by Gasteiger charge is 2.12. The summed E-state index contributed by atoms with van der Waals surface area (Å²) in [6.45, 7) is 0. The molecule has 0 saturated carbocycles. The minimum atomic E-state index is -1.14. The molecule has 2 aromatic carbocycles. The summed E-state index contributed by atoms with van der Waals surface area (Å²) in [6.07, 6.45) is 0. The minimum Gasteiger partial charge on any atom is -0.478 e. The standard InChI is InChI=1S/C14H8FNO3/c15-7-4-5-8-11(6-7)16-12-9(13(8)17)2-1-3-10(12)14(18)19/h1-6H,(H,16,17)(H,18,19). The number of benzene rings is 2. The second-order valence-electron chi connectivity index (χ2n) is 4.18. The van der Waals surface area contributed by atoms with Crippen molar-refractivity contribution in [3.05, 3.63) is 58.0 Å². The molecule has 0 aliphatic rings. The Morgan fingerprint density at radius 2 is 1.95 bits per heavy atom. The van der Waals surface area contributed by atoms with Gasteiger partial charge in [-0.1, -0.05) is 6.07 Å². The smallest absolute Gasteiger partial charge is 0.337 e. The van der Waals surface area contributed by atoms with E-state index in [-0.39, 0.29) is 27.4 Å². The fourth-order valence-electron chi connectivity index (χ4n) is 2.15. The molecule has 0 aliphatic carbocycles. The molecule has 0 unspecified atom stereocenters. The van der Waals surface area contributed by atoms with Crippen molar-refractivity contribution in [3.63, 3.8) is 0 Å². The Morgan fingerprint density at radius 1 is 1.16 bits per heavy atom. The van der Waals surface area contributed by atoms with Crippen LogP contribution in [0.4, 0.5) is 4.39 Å². The van der Waals surface area contributed by atoms with E-state index in [9.17, 15) is 14.0 Å². The van der Waals surface area contributed by atoms with Crippen LogP contribution in [0.5, 0.6) is 0 Å². The minimum absolute atomic E-state index is 0.0132. The van der Waals surface area contributed by atoms with Gasteiger partial charge in [0.15, 0.2) is 5.43 Å². The van der Waals surface area contributed by atoms with Crippen molar-refractivity contribution in [2.45, 2.75) is 0 Å². The molecule has 1 heterocycles. The average Bonchev–Trinajstić information content (AvgIpc) is 2.37. The average molecular weight is 257 g/mol. The maximum absolute atomic E-state index is 13.2. The van der Waals surface area contributed by atoms with E-state index in [4.69, 9.17) is 5.11 Å². The van der Waals surface area contributed by atoms with E-state index in [0.717, 1.165) is 0 Å². The van der Waals surface area contributed by atoms with E-state index in [2.05, 4.69) is 4.98 Å². The van der Waals surface area contributed by atoms with Crippen molar-refractivity contribution >= 4 is 27.8 Å². The summed E-state index contributed by atoms with van der Waals surface area (Å²) in [5.41, 5.74) is 0.164. The zero-order chi connectivity index (χ0) is 13.6. The zero-order valence-electron chi connectivity index (χ0n) is 9.61. The van der Waals surface area contributed by atoms with Gasteiger partial charge in [0.2, 0.25) is 0 Å². The predicted octanol–water partition coefficient (Wildman–Crippen LogP) is 2.52. The Labute approximate surface area is 106 Å². The molecule has 0 spiro atoms. The van der Waals surface area contributed by atoms with Crippen LogP contribution in [-0.2, 0) is 0 Å². The molecule has 19 heavy (non-hydrogen) atoms. The fraction of sp³-hybridized carbons (Fsp3) is 0. The molecule has 2 N–H and O–H groups in total. The van der Waals surface area contributed by atoms with E-state index in [0.29, 0.717) is 5.39 Å². The van der Waals surface area contributed by atoms with Gasteiger partial charge in [0.25, 0.3) is 0 Å². The van der Waals surface area contributed by atoms with Gasteiger partial charge in [-0.15, -0.1) is 0 Å². The Balaban J connectivity index is 2.58. The van der Waals surface area contributed by atoms with Crippen LogP contribution < -0.4 is 5.43 Å². The summed E-state index contributed by atoms with van der Waals surface area (Å²) < 4.78 is 13.2. The number of H-pyrrole nitrogens is 1. The number of hydrogen-bond donors (Lipinski definition) is 2. The van der Waals surface area contributed by atoms with Gasteiger partial charge in [0.1, 0.15) is 5.82 Å². The second kappa shape index (κ2) is 3.91. The molecule has 4 nitrogen and oxygen atoms in total. The third-order valence-electron chi connectivity index (χ3n) is 3.03. The van der Waals surface area contributed by atoms with Crippen LogP contribution in [0, 0.1) is 5.82 Å². The zero-order valence-corrected chi connectivity index (χ0v) is 9.61. The topological polar surface area (TPSA) is 70.2 Å². The first-order valence-corrected chi connectivity index (χ1v) is 5.55. The molecule has 0 fully saturated rings. The number of carboxylic acids is 1. The molecule has 1 aromatic heterocycles. The number of aromatic amines is 1. The van der Waals surface area contributed by atoms with Gasteiger partial charge in [0.05, 0.1) is 16.6 Å². The van der Waals surface area contributed by atoms with Crippen LogP contribution in [0.1, 0.15) is 10.4 Å². The van der Waals surface area contributed by atoms with Gasteiger partial charge >= 0.3 is 5.97 Å². The molecule has 0 saturated heterocycles. The van der Waals surface area contributed by atoms with Crippen molar-refractivity contribution in [1.82, 2.24) is 4.98 Å². The first kappa shape index (κ1) is 11.4. The van der Waals surface area contributed by atoms with Gasteiger partial charge in [-0.3, -0.25) is 4.79 Å². The first-order chi connectivity index (χ1) is 9.08. The summed E-state index contributed by atoms with van der Waals surface area (Å²) in [5.74, 6) is -1.63. The number of aromatic nitrogens is 1. The predicted molar refractivity (Wildman–Crippen MR) is 69.0 cm³/mol. The van der Waals surface area contributed by atoms with E-state index in [1.165, 1.54) is 30.3 Å². The summed E-state index contributed by atoms with van der Waals surface area (Å²) in [4.78, 5) is 26.2. The van der Waals surface area contributed by atoms with Crippen molar-refractivity contribution in [3.8, 4) is 0 Å². The molecule has 0 bridgehead atoms. The molecule has 3 aromatic rings. The van der Waals surface area contributed by atoms with E-state index in [1.807, 2.05) is 0 Å². The highest BCUT2D eigenvalue weighted by Crippen LogP contribution is 2.18. The highest BCUT2D eigenvalue weighted by atomic mass is 19.1. The van der Waals surface area contributed by atoms with E-state index < -0.39 is 11.8 Å². The lowest BCUT2D eigenvalue weighted by molar-refractivity contribution is 0.0699. The molecule has 0 atom stereocenters. The summed E-state index contributed by atoms with van der Waals surface area (Å²) >= 11 is 0. The lowest BCUT2D eigenvalue weighted by atomic mass is 10.1. The number of rotatable bonds is 1. The number of carboxylic acid groups (broad SMARTS) is 1. The lowest BCUT2D eigenvalue weighted by Crippen LogP contribution is -2.08. The van der Waals surface area contributed by atoms with Crippen molar-refractivity contribution < 1.29 is 14.3 Å². The quantitative estimate of drug-likeness (QED) is 0.658. The number of pyridine rings is 1. The Kier molecular flexibility index (Phi) is 2.35. The van der Waals surface area contributed by atoms with Gasteiger partial charge < -0.3 is 10.1 Å². The largest absolute Gasteiger partial charge is 0.478 e. The normalized spacial score (nSPS) is 11.0.